The van der Waals surface area contributed by atoms with Gasteiger partial charge in [0.25, 0.3) is 0 Å². The number of carbonyl (C=O) groups is 1. The Balaban J connectivity index is 2.73. The van der Waals surface area contributed by atoms with E-state index in [1.165, 1.54) is 6.08 Å². The van der Waals surface area contributed by atoms with Gasteiger partial charge in [-0.25, -0.2) is 8.78 Å². The van der Waals surface area contributed by atoms with E-state index in [4.69, 9.17) is 0 Å². The minimum atomic E-state index is -0.581. The second-order valence-corrected chi connectivity index (χ2v) is 2.91. The first-order chi connectivity index (χ1) is 6.74. The van der Waals surface area contributed by atoms with Crippen molar-refractivity contribution in [1.29, 1.82) is 0 Å². The molecule has 0 fully saturated rings. The molecule has 1 aliphatic carbocycles. The fourth-order valence-electron chi connectivity index (χ4n) is 1.15. The monoisotopic (exact) mass is 199 g/mol. The molecule has 0 aliphatic heterocycles. The van der Waals surface area contributed by atoms with Crippen LogP contribution < -0.4 is 5.32 Å². The van der Waals surface area contributed by atoms with Crippen molar-refractivity contribution in [1.82, 2.24) is 5.32 Å². The molecule has 1 amide bonds. The second kappa shape index (κ2) is 5.32. The van der Waals surface area contributed by atoms with Crippen LogP contribution in [0, 0.1) is 5.92 Å². The van der Waals surface area contributed by atoms with Gasteiger partial charge in [0.05, 0.1) is 0 Å². The van der Waals surface area contributed by atoms with Crippen LogP contribution in [0.1, 0.15) is 6.42 Å². The molecule has 14 heavy (non-hydrogen) atoms. The first-order valence-corrected chi connectivity index (χ1v) is 4.30. The lowest BCUT2D eigenvalue weighted by molar-refractivity contribution is -0.109. The minimum Gasteiger partial charge on any atom is -0.358 e. The van der Waals surface area contributed by atoms with Gasteiger partial charge in [0.2, 0.25) is 6.41 Å². The van der Waals surface area contributed by atoms with E-state index in [0.717, 1.165) is 6.08 Å². The van der Waals surface area contributed by atoms with Crippen LogP contribution in [0.15, 0.2) is 36.0 Å². The van der Waals surface area contributed by atoms with Crippen LogP contribution in [-0.2, 0) is 4.79 Å². The fraction of sp³-hybridized carbons (Fsp3) is 0.300. The second-order valence-electron chi connectivity index (χ2n) is 2.91. The topological polar surface area (TPSA) is 29.1 Å². The van der Waals surface area contributed by atoms with Crippen molar-refractivity contribution in [3.8, 4) is 0 Å². The van der Waals surface area contributed by atoms with Crippen LogP contribution in [0.25, 0.3) is 0 Å². The summed E-state index contributed by atoms with van der Waals surface area (Å²) in [5.41, 5.74) is 0. The van der Waals surface area contributed by atoms with E-state index in [1.807, 2.05) is 0 Å². The molecule has 0 heterocycles. The molecule has 2 nitrogen and oxygen atoms in total. The van der Waals surface area contributed by atoms with Gasteiger partial charge in [0, 0.05) is 18.5 Å². The maximum absolute atomic E-state index is 13.2. The van der Waals surface area contributed by atoms with Crippen molar-refractivity contribution in [3.05, 3.63) is 36.0 Å². The summed E-state index contributed by atoms with van der Waals surface area (Å²) in [5.74, 6) is -1.73. The number of amides is 1. The van der Waals surface area contributed by atoms with Gasteiger partial charge in [-0.05, 0) is 12.5 Å². The van der Waals surface area contributed by atoms with Crippen molar-refractivity contribution in [2.75, 3.05) is 6.54 Å². The van der Waals surface area contributed by atoms with E-state index in [1.54, 1.807) is 12.2 Å². The molecule has 0 saturated heterocycles. The Labute approximate surface area is 81.0 Å². The van der Waals surface area contributed by atoms with E-state index in [-0.39, 0.29) is 6.54 Å². The predicted octanol–water partition coefficient (Wildman–Crippen LogP) is 2.02. The van der Waals surface area contributed by atoms with Gasteiger partial charge in [-0.15, -0.1) is 0 Å². The number of halogens is 2. The standard InChI is InChI=1S/C10H11F2NO/c11-9-4-2-1-3-8(6-13-7-14)10(12)5-9/h1,3-5,7-8H,2,6H2,(H,13,14)/b3-1?,9-4+,10-5+. The van der Waals surface area contributed by atoms with E-state index in [0.29, 0.717) is 12.8 Å². The Kier molecular flexibility index (Phi) is 4.04. The lowest BCUT2D eigenvalue weighted by Gasteiger charge is -2.10. The van der Waals surface area contributed by atoms with E-state index in [9.17, 15) is 13.6 Å². The van der Waals surface area contributed by atoms with Crippen LogP contribution in [0.3, 0.4) is 0 Å². The molecule has 4 heteroatoms. The number of nitrogens with one attached hydrogen (secondary N) is 1. The fourth-order valence-corrected chi connectivity index (χ4v) is 1.15. The van der Waals surface area contributed by atoms with Crippen LogP contribution in [0.4, 0.5) is 8.78 Å². The van der Waals surface area contributed by atoms with Crippen molar-refractivity contribution in [2.45, 2.75) is 6.42 Å². The highest BCUT2D eigenvalue weighted by atomic mass is 19.1. The van der Waals surface area contributed by atoms with Crippen molar-refractivity contribution >= 4 is 6.41 Å². The van der Waals surface area contributed by atoms with Crippen LogP contribution in [-0.4, -0.2) is 13.0 Å². The third kappa shape index (κ3) is 3.12. The van der Waals surface area contributed by atoms with Gasteiger partial charge < -0.3 is 5.32 Å². The average Bonchev–Trinajstić information content (AvgIpc) is 2.14. The van der Waals surface area contributed by atoms with Gasteiger partial charge in [0.1, 0.15) is 11.7 Å². The normalized spacial score (nSPS) is 29.1. The minimum absolute atomic E-state index is 0.148. The summed E-state index contributed by atoms with van der Waals surface area (Å²) in [6, 6.07) is 0. The number of allylic oxidation sites excluding steroid dienone is 4. The zero-order chi connectivity index (χ0) is 10.4. The largest absolute Gasteiger partial charge is 0.358 e. The van der Waals surface area contributed by atoms with Crippen molar-refractivity contribution < 1.29 is 13.6 Å². The Morgan fingerprint density at radius 3 is 3.07 bits per heavy atom. The van der Waals surface area contributed by atoms with Crippen molar-refractivity contribution in [3.63, 3.8) is 0 Å². The third-order valence-corrected chi connectivity index (χ3v) is 1.87. The Morgan fingerprint density at radius 1 is 1.57 bits per heavy atom. The van der Waals surface area contributed by atoms with Crippen molar-refractivity contribution in [2.24, 2.45) is 5.92 Å². The van der Waals surface area contributed by atoms with Gasteiger partial charge in [-0.2, -0.15) is 0 Å². The molecule has 0 aromatic carbocycles. The summed E-state index contributed by atoms with van der Waals surface area (Å²) in [6.45, 7) is 0.148. The van der Waals surface area contributed by atoms with Gasteiger partial charge >= 0.3 is 0 Å². The molecule has 1 rings (SSSR count). The highest BCUT2D eigenvalue weighted by Gasteiger charge is 2.12. The van der Waals surface area contributed by atoms with Crippen LogP contribution in [0.2, 0.25) is 0 Å². The smallest absolute Gasteiger partial charge is 0.207 e. The first-order valence-electron chi connectivity index (χ1n) is 4.30. The average molecular weight is 199 g/mol. The molecule has 1 aliphatic rings. The molecular formula is C10H11F2NO. The first kappa shape index (κ1) is 10.6. The lowest BCUT2D eigenvalue weighted by atomic mass is 10.0. The van der Waals surface area contributed by atoms with Gasteiger partial charge in [0.15, 0.2) is 0 Å². The number of rotatable bonds is 3. The molecule has 0 radical (unpaired) electrons. The van der Waals surface area contributed by atoms with Crippen LogP contribution in [0.5, 0.6) is 0 Å². The summed E-state index contributed by atoms with van der Waals surface area (Å²) >= 11 is 0. The molecule has 1 N–H and O–H groups in total. The summed E-state index contributed by atoms with van der Waals surface area (Å²) < 4.78 is 26.0. The molecule has 0 bridgehead atoms. The SMILES string of the molecule is O=CNCC1C=CC/C=C(F)\C=C/1F. The molecule has 76 valence electrons. The maximum Gasteiger partial charge on any atom is 0.207 e. The summed E-state index contributed by atoms with van der Waals surface area (Å²) in [6.07, 6.45) is 6.36. The molecule has 0 saturated carbocycles. The van der Waals surface area contributed by atoms with Gasteiger partial charge in [-0.3, -0.25) is 4.79 Å². The Morgan fingerprint density at radius 2 is 2.36 bits per heavy atom. The molecule has 1 atom stereocenters. The van der Waals surface area contributed by atoms with Gasteiger partial charge in [-0.1, -0.05) is 12.2 Å². The van der Waals surface area contributed by atoms with E-state index in [2.05, 4.69) is 5.32 Å². The summed E-state index contributed by atoms with van der Waals surface area (Å²) in [4.78, 5) is 10.0. The number of carbonyl (C=O) groups excluding carboxylic acids is 1. The zero-order valence-electron chi connectivity index (χ0n) is 7.54. The molecule has 0 aromatic rings. The van der Waals surface area contributed by atoms with E-state index < -0.39 is 17.6 Å². The zero-order valence-corrected chi connectivity index (χ0v) is 7.54. The predicted molar refractivity (Wildman–Crippen MR) is 49.7 cm³/mol. The maximum atomic E-state index is 13.2. The molecular weight excluding hydrogens is 188 g/mol. The van der Waals surface area contributed by atoms with Crippen LogP contribution >= 0.6 is 0 Å². The Bertz CT molecular complexity index is 294. The Hall–Kier alpha value is -1.45. The summed E-state index contributed by atoms with van der Waals surface area (Å²) in [5, 5.41) is 2.36. The quantitative estimate of drug-likeness (QED) is 0.546. The number of hydrogen-bond donors (Lipinski definition) is 1. The highest BCUT2D eigenvalue weighted by Crippen LogP contribution is 2.19. The number of hydrogen-bond acceptors (Lipinski definition) is 1. The summed E-state index contributed by atoms with van der Waals surface area (Å²) in [7, 11) is 0. The lowest BCUT2D eigenvalue weighted by Crippen LogP contribution is -2.20. The third-order valence-electron chi connectivity index (χ3n) is 1.87. The van der Waals surface area contributed by atoms with E-state index >= 15 is 0 Å². The molecule has 0 spiro atoms. The highest BCUT2D eigenvalue weighted by molar-refractivity contribution is 5.46. The molecule has 1 unspecified atom stereocenters. The molecule has 0 aromatic heterocycles.